The summed E-state index contributed by atoms with van der Waals surface area (Å²) >= 11 is 0. The molecule has 0 saturated heterocycles. The first-order valence-electron chi connectivity index (χ1n) is 8.49. The number of aryl methyl sites for hydroxylation is 1. The molecule has 1 aromatic carbocycles. The SMILES string of the molecule is Cc1c(-c2ccccc2C(=O)N(C(C)C)C(C)C)c(C(F)(F)F)nn1C. The van der Waals surface area contributed by atoms with E-state index in [1.165, 1.54) is 11.7 Å². The van der Waals surface area contributed by atoms with E-state index in [1.807, 2.05) is 27.7 Å². The van der Waals surface area contributed by atoms with Crippen molar-refractivity contribution in [2.45, 2.75) is 52.9 Å². The molecule has 0 radical (unpaired) electrons. The van der Waals surface area contributed by atoms with E-state index in [0.29, 0.717) is 5.69 Å². The largest absolute Gasteiger partial charge is 0.435 e. The van der Waals surface area contributed by atoms with Crippen LogP contribution in [0.2, 0.25) is 0 Å². The lowest BCUT2D eigenvalue weighted by Gasteiger charge is -2.31. The van der Waals surface area contributed by atoms with E-state index in [0.717, 1.165) is 0 Å². The molecule has 0 saturated carbocycles. The molecule has 26 heavy (non-hydrogen) atoms. The molecule has 0 aliphatic rings. The van der Waals surface area contributed by atoms with Gasteiger partial charge in [-0.15, -0.1) is 0 Å². The summed E-state index contributed by atoms with van der Waals surface area (Å²) in [6, 6.07) is 6.26. The third-order valence-electron chi connectivity index (χ3n) is 4.38. The summed E-state index contributed by atoms with van der Waals surface area (Å²) in [4.78, 5) is 14.8. The summed E-state index contributed by atoms with van der Waals surface area (Å²) in [7, 11) is 1.47. The normalized spacial score (nSPS) is 12.1. The number of carbonyl (C=O) groups is 1. The Morgan fingerprint density at radius 2 is 1.65 bits per heavy atom. The first kappa shape index (κ1) is 20.0. The summed E-state index contributed by atoms with van der Waals surface area (Å²) in [6.45, 7) is 9.11. The van der Waals surface area contributed by atoms with E-state index in [4.69, 9.17) is 0 Å². The van der Waals surface area contributed by atoms with Crippen molar-refractivity contribution in [3.05, 3.63) is 41.2 Å². The van der Waals surface area contributed by atoms with Gasteiger partial charge in [0.1, 0.15) is 0 Å². The van der Waals surface area contributed by atoms with Crippen LogP contribution in [-0.4, -0.2) is 32.7 Å². The van der Waals surface area contributed by atoms with E-state index in [1.54, 1.807) is 36.1 Å². The Labute approximate surface area is 151 Å². The average molecular weight is 367 g/mol. The third kappa shape index (κ3) is 3.61. The quantitative estimate of drug-likeness (QED) is 0.787. The molecule has 0 bridgehead atoms. The fourth-order valence-corrected chi connectivity index (χ4v) is 3.22. The van der Waals surface area contributed by atoms with E-state index in [-0.39, 0.29) is 34.7 Å². The molecule has 0 unspecified atom stereocenters. The predicted octanol–water partition coefficient (Wildman–Crippen LogP) is 4.67. The fraction of sp³-hybridized carbons (Fsp3) is 0.474. The molecule has 0 aliphatic carbocycles. The minimum atomic E-state index is -4.60. The maximum atomic E-state index is 13.5. The Bertz CT molecular complexity index is 799. The zero-order valence-corrected chi connectivity index (χ0v) is 15.8. The van der Waals surface area contributed by atoms with Gasteiger partial charge in [-0.3, -0.25) is 9.48 Å². The van der Waals surface area contributed by atoms with Crippen LogP contribution in [0.1, 0.15) is 49.4 Å². The van der Waals surface area contributed by atoms with Gasteiger partial charge in [0.2, 0.25) is 0 Å². The summed E-state index contributed by atoms with van der Waals surface area (Å²) in [5, 5.41) is 3.64. The van der Waals surface area contributed by atoms with E-state index in [2.05, 4.69) is 5.10 Å². The van der Waals surface area contributed by atoms with Crippen LogP contribution in [-0.2, 0) is 13.2 Å². The maximum Gasteiger partial charge on any atom is 0.435 e. The zero-order valence-electron chi connectivity index (χ0n) is 15.8. The molecule has 0 atom stereocenters. The van der Waals surface area contributed by atoms with Gasteiger partial charge in [0.05, 0.1) is 0 Å². The number of carbonyl (C=O) groups excluding carboxylic acids is 1. The number of aromatic nitrogens is 2. The number of alkyl halides is 3. The van der Waals surface area contributed by atoms with E-state index >= 15 is 0 Å². The zero-order chi connectivity index (χ0) is 19.8. The lowest BCUT2D eigenvalue weighted by Crippen LogP contribution is -2.42. The van der Waals surface area contributed by atoms with Gasteiger partial charge in [-0.25, -0.2) is 0 Å². The average Bonchev–Trinajstić information content (AvgIpc) is 2.82. The molecule has 0 fully saturated rings. The minimum Gasteiger partial charge on any atom is -0.334 e. The van der Waals surface area contributed by atoms with Crippen LogP contribution in [0.3, 0.4) is 0 Å². The highest BCUT2D eigenvalue weighted by Crippen LogP contribution is 2.39. The fourth-order valence-electron chi connectivity index (χ4n) is 3.22. The number of hydrogen-bond acceptors (Lipinski definition) is 2. The number of benzene rings is 1. The van der Waals surface area contributed by atoms with Gasteiger partial charge >= 0.3 is 6.18 Å². The second-order valence-electron chi connectivity index (χ2n) is 6.88. The molecular formula is C19H24F3N3O. The third-order valence-corrected chi connectivity index (χ3v) is 4.38. The second kappa shape index (κ2) is 7.13. The van der Waals surface area contributed by atoms with Crippen LogP contribution in [0.5, 0.6) is 0 Å². The molecule has 0 N–H and O–H groups in total. The Morgan fingerprint density at radius 1 is 1.12 bits per heavy atom. The molecule has 4 nitrogen and oxygen atoms in total. The monoisotopic (exact) mass is 367 g/mol. The van der Waals surface area contributed by atoms with Gasteiger partial charge in [0.15, 0.2) is 5.69 Å². The number of amides is 1. The van der Waals surface area contributed by atoms with Crippen molar-refractivity contribution in [3.8, 4) is 11.1 Å². The molecule has 0 spiro atoms. The molecule has 142 valence electrons. The summed E-state index contributed by atoms with van der Waals surface area (Å²) in [6.07, 6.45) is -4.60. The Hall–Kier alpha value is -2.31. The smallest absolute Gasteiger partial charge is 0.334 e. The highest BCUT2D eigenvalue weighted by atomic mass is 19.4. The molecule has 0 aliphatic heterocycles. The molecule has 2 aromatic rings. The summed E-state index contributed by atoms with van der Waals surface area (Å²) in [5.41, 5.74) is -0.161. The van der Waals surface area contributed by atoms with Crippen LogP contribution in [0.25, 0.3) is 11.1 Å². The Balaban J connectivity index is 2.71. The van der Waals surface area contributed by atoms with Crippen LogP contribution >= 0.6 is 0 Å². The maximum absolute atomic E-state index is 13.5. The van der Waals surface area contributed by atoms with E-state index < -0.39 is 11.9 Å². The number of halogens is 3. The van der Waals surface area contributed by atoms with Crippen LogP contribution < -0.4 is 0 Å². The van der Waals surface area contributed by atoms with Crippen molar-refractivity contribution < 1.29 is 18.0 Å². The van der Waals surface area contributed by atoms with Crippen LogP contribution in [0, 0.1) is 6.92 Å². The van der Waals surface area contributed by atoms with Crippen molar-refractivity contribution in [1.29, 1.82) is 0 Å². The van der Waals surface area contributed by atoms with Crippen molar-refractivity contribution >= 4 is 5.91 Å². The number of hydrogen-bond donors (Lipinski definition) is 0. The van der Waals surface area contributed by atoms with Crippen molar-refractivity contribution in [1.82, 2.24) is 14.7 Å². The van der Waals surface area contributed by atoms with Crippen molar-refractivity contribution in [3.63, 3.8) is 0 Å². The number of nitrogens with zero attached hydrogens (tertiary/aromatic N) is 3. The summed E-state index contributed by atoms with van der Waals surface area (Å²) < 4.78 is 41.7. The topological polar surface area (TPSA) is 38.1 Å². The van der Waals surface area contributed by atoms with Gasteiger partial charge in [-0.2, -0.15) is 18.3 Å². The Morgan fingerprint density at radius 3 is 2.15 bits per heavy atom. The van der Waals surface area contributed by atoms with Gasteiger partial charge in [0, 0.05) is 36.0 Å². The molecular weight excluding hydrogens is 343 g/mol. The molecule has 1 amide bonds. The standard InChI is InChI=1S/C19H24F3N3O/c1-11(2)25(12(3)4)18(26)15-10-8-7-9-14(15)16-13(5)24(6)23-17(16)19(20,21)22/h7-12H,1-6H3. The second-order valence-corrected chi connectivity index (χ2v) is 6.88. The highest BCUT2D eigenvalue weighted by Gasteiger charge is 2.39. The first-order valence-corrected chi connectivity index (χ1v) is 8.49. The van der Waals surface area contributed by atoms with Crippen LogP contribution in [0.4, 0.5) is 13.2 Å². The summed E-state index contributed by atoms with van der Waals surface area (Å²) in [5.74, 6) is -0.290. The Kier molecular flexibility index (Phi) is 5.49. The van der Waals surface area contributed by atoms with Crippen molar-refractivity contribution in [2.75, 3.05) is 0 Å². The van der Waals surface area contributed by atoms with Gasteiger partial charge in [-0.05, 0) is 46.2 Å². The minimum absolute atomic E-state index is 0.0450. The van der Waals surface area contributed by atoms with Crippen molar-refractivity contribution in [2.24, 2.45) is 7.05 Å². The molecule has 7 heteroatoms. The molecule has 2 rings (SSSR count). The number of rotatable bonds is 4. The van der Waals surface area contributed by atoms with Gasteiger partial charge < -0.3 is 4.90 Å². The lowest BCUT2D eigenvalue weighted by atomic mass is 9.96. The molecule has 1 heterocycles. The van der Waals surface area contributed by atoms with Gasteiger partial charge in [-0.1, -0.05) is 18.2 Å². The highest BCUT2D eigenvalue weighted by molar-refractivity contribution is 6.01. The van der Waals surface area contributed by atoms with Gasteiger partial charge in [0.25, 0.3) is 5.91 Å². The van der Waals surface area contributed by atoms with E-state index in [9.17, 15) is 18.0 Å². The predicted molar refractivity (Wildman–Crippen MR) is 94.8 cm³/mol. The lowest BCUT2D eigenvalue weighted by molar-refractivity contribution is -0.141. The molecule has 1 aromatic heterocycles. The van der Waals surface area contributed by atoms with Crippen LogP contribution in [0.15, 0.2) is 24.3 Å². The first-order chi connectivity index (χ1) is 12.0.